The Morgan fingerprint density at radius 2 is 1.67 bits per heavy atom. The summed E-state index contributed by atoms with van der Waals surface area (Å²) >= 11 is 0. The molecule has 16 atom stereocenters. The standard InChI is InChI=1S/C35H44O16/c1-8-15(2)24(38)49-18-12-19(48-16(3)36)32(26(39)43-6)13-46-21-22(32)31(18)14-47-34(42,27(40)44-7)25(31)29(4,23(21)37)35-20-11-17(30(35,5)51-35)33(41)9-10-45-28(33)50-20/h8-10,17-23,25,28,37,41-42H,11-14H2,1-7H3/b15-8+/t17-,18-,19?,20-,21+,22+,23+,25-,28-,29+,30-,31-,32-,33-,34-,35-/m0/s1. The van der Waals surface area contributed by atoms with Crippen molar-refractivity contribution in [1.29, 1.82) is 0 Å². The number of ether oxygens (including phenoxy) is 9. The van der Waals surface area contributed by atoms with E-state index in [4.69, 9.17) is 42.6 Å². The van der Waals surface area contributed by atoms with Crippen LogP contribution in [0.5, 0.6) is 0 Å². The SMILES string of the molecule is C/C=C(\C)C(=O)O[C@H]1CC(OC(C)=O)[C@@]2(C(=O)OC)CO[C@H]3[C@@H](O)[C@@](C)([C@]45O[C@@]4(C)[C@@H]4C[C@@H]5O[C@@H]5OC=C[C@@]54O)[C@H]4[C@]1(CO[C@]4(O)C(=O)OC)[C@@H]32. The topological polar surface area (TPSA) is 215 Å². The number of methoxy groups -OCH3 is 2. The highest BCUT2D eigenvalue weighted by atomic mass is 16.7. The molecule has 0 amide bonds. The van der Waals surface area contributed by atoms with E-state index in [1.54, 1.807) is 33.8 Å². The van der Waals surface area contributed by atoms with Gasteiger partial charge < -0.3 is 58.0 Å². The van der Waals surface area contributed by atoms with Crippen LogP contribution in [-0.2, 0) is 61.8 Å². The van der Waals surface area contributed by atoms with Crippen molar-refractivity contribution >= 4 is 23.9 Å². The maximum absolute atomic E-state index is 14.2. The molecule has 16 nitrogen and oxygen atoms in total. The molecule has 4 saturated heterocycles. The first kappa shape index (κ1) is 34.9. The van der Waals surface area contributed by atoms with Crippen LogP contribution in [0.25, 0.3) is 0 Å². The van der Waals surface area contributed by atoms with Crippen LogP contribution in [0, 0.1) is 34.0 Å². The zero-order chi connectivity index (χ0) is 36.9. The average Bonchev–Trinajstić information content (AvgIpc) is 3.47. The summed E-state index contributed by atoms with van der Waals surface area (Å²) in [7, 11) is 2.23. The summed E-state index contributed by atoms with van der Waals surface area (Å²) in [6, 6.07) is 0. The number of carbonyl (C=O) groups excluding carboxylic acids is 4. The first-order chi connectivity index (χ1) is 23.9. The van der Waals surface area contributed by atoms with E-state index in [0.29, 0.717) is 0 Å². The summed E-state index contributed by atoms with van der Waals surface area (Å²) in [6.45, 7) is 6.88. The minimum absolute atomic E-state index is 0.235. The zero-order valence-corrected chi connectivity index (χ0v) is 29.4. The molecule has 0 aromatic rings. The van der Waals surface area contributed by atoms with Gasteiger partial charge in [0, 0.05) is 47.5 Å². The second kappa shape index (κ2) is 10.5. The third kappa shape index (κ3) is 3.65. The van der Waals surface area contributed by atoms with Gasteiger partial charge in [0.15, 0.2) is 5.60 Å². The number of allylic oxidation sites excluding steroid dienone is 1. The molecule has 7 fully saturated rings. The van der Waals surface area contributed by atoms with Crippen molar-refractivity contribution in [2.45, 2.75) is 107 Å². The largest absolute Gasteiger partial charge is 0.469 e. The van der Waals surface area contributed by atoms with Crippen molar-refractivity contribution in [3.8, 4) is 0 Å². The van der Waals surface area contributed by atoms with Gasteiger partial charge in [0.2, 0.25) is 6.29 Å². The maximum atomic E-state index is 14.2. The number of esters is 4. The number of rotatable bonds is 6. The van der Waals surface area contributed by atoms with Gasteiger partial charge in [-0.25, -0.2) is 9.59 Å². The van der Waals surface area contributed by atoms with E-state index in [0.717, 1.165) is 14.2 Å². The molecule has 5 heterocycles. The van der Waals surface area contributed by atoms with Gasteiger partial charge in [-0.15, -0.1) is 0 Å². The van der Waals surface area contributed by atoms with Crippen molar-refractivity contribution in [1.82, 2.24) is 0 Å². The number of aliphatic hydroxyl groups excluding tert-OH is 1. The lowest BCUT2D eigenvalue weighted by Crippen LogP contribution is -2.79. The lowest BCUT2D eigenvalue weighted by Gasteiger charge is -2.65. The molecule has 8 rings (SSSR count). The lowest BCUT2D eigenvalue weighted by atomic mass is 9.37. The fourth-order valence-corrected chi connectivity index (χ4v) is 12.2. The molecule has 16 heteroatoms. The summed E-state index contributed by atoms with van der Waals surface area (Å²) in [4.78, 5) is 54.4. The Balaban J connectivity index is 1.40. The van der Waals surface area contributed by atoms with Crippen LogP contribution >= 0.6 is 0 Å². The molecule has 1 unspecified atom stereocenters. The van der Waals surface area contributed by atoms with Gasteiger partial charge >= 0.3 is 23.9 Å². The zero-order valence-electron chi connectivity index (χ0n) is 29.4. The van der Waals surface area contributed by atoms with Crippen LogP contribution < -0.4 is 0 Å². The highest BCUT2D eigenvalue weighted by molar-refractivity contribution is 5.88. The monoisotopic (exact) mass is 720 g/mol. The van der Waals surface area contributed by atoms with E-state index in [9.17, 15) is 34.5 Å². The van der Waals surface area contributed by atoms with Gasteiger partial charge in [-0.2, -0.15) is 0 Å². The van der Waals surface area contributed by atoms with Gasteiger partial charge in [0.05, 0.1) is 52.0 Å². The second-order valence-electron chi connectivity index (χ2n) is 15.8. The van der Waals surface area contributed by atoms with Crippen LogP contribution in [0.15, 0.2) is 24.0 Å². The molecule has 3 N–H and O–H groups in total. The van der Waals surface area contributed by atoms with E-state index in [-0.39, 0.29) is 18.4 Å². The Bertz CT molecular complexity index is 1660. The molecule has 5 aliphatic heterocycles. The molecule has 3 aliphatic carbocycles. The van der Waals surface area contributed by atoms with E-state index in [1.165, 1.54) is 19.3 Å². The summed E-state index contributed by atoms with van der Waals surface area (Å²) in [5.41, 5.74) is -9.47. The Morgan fingerprint density at radius 3 is 2.31 bits per heavy atom. The molecule has 51 heavy (non-hydrogen) atoms. The smallest absolute Gasteiger partial charge is 0.366 e. The third-order valence-corrected chi connectivity index (χ3v) is 14.1. The predicted octanol–water partition coefficient (Wildman–Crippen LogP) is -0.203. The Labute approximate surface area is 293 Å². The molecule has 1 spiro atoms. The van der Waals surface area contributed by atoms with Crippen molar-refractivity contribution in [3.05, 3.63) is 24.0 Å². The lowest BCUT2D eigenvalue weighted by molar-refractivity contribution is -0.314. The first-order valence-corrected chi connectivity index (χ1v) is 17.2. The van der Waals surface area contributed by atoms with Crippen LogP contribution in [0.3, 0.4) is 0 Å². The minimum Gasteiger partial charge on any atom is -0.469 e. The fraction of sp³-hybridized carbons (Fsp3) is 0.771. The van der Waals surface area contributed by atoms with Crippen molar-refractivity contribution in [2.24, 2.45) is 34.0 Å². The molecule has 0 aromatic carbocycles. The van der Waals surface area contributed by atoms with Gasteiger partial charge in [-0.05, 0) is 33.3 Å². The molecule has 0 aromatic heterocycles. The average molecular weight is 721 g/mol. The summed E-state index contributed by atoms with van der Waals surface area (Å²) in [5.74, 6) is -9.76. The molecule has 280 valence electrons. The number of epoxide rings is 1. The minimum atomic E-state index is -2.82. The van der Waals surface area contributed by atoms with Crippen molar-refractivity contribution < 1.29 is 77.1 Å². The highest BCUT2D eigenvalue weighted by Gasteiger charge is 2.97. The Hall–Kier alpha value is -3.12. The van der Waals surface area contributed by atoms with Crippen molar-refractivity contribution in [2.75, 3.05) is 27.4 Å². The van der Waals surface area contributed by atoms with Crippen LogP contribution in [0.4, 0.5) is 0 Å². The molecule has 0 radical (unpaired) electrons. The van der Waals surface area contributed by atoms with Gasteiger partial charge in [-0.1, -0.05) is 13.0 Å². The van der Waals surface area contributed by atoms with Gasteiger partial charge in [0.25, 0.3) is 5.79 Å². The number of carbonyl (C=O) groups is 4. The summed E-state index contributed by atoms with van der Waals surface area (Å²) in [6.07, 6.45) is -3.11. The molecular weight excluding hydrogens is 676 g/mol. The van der Waals surface area contributed by atoms with Gasteiger partial charge in [-0.3, -0.25) is 9.59 Å². The Morgan fingerprint density at radius 1 is 0.961 bits per heavy atom. The maximum Gasteiger partial charge on any atom is 0.366 e. The Kier molecular flexibility index (Phi) is 7.20. The number of hydrogen-bond acceptors (Lipinski definition) is 16. The molecule has 2 bridgehead atoms. The highest BCUT2D eigenvalue weighted by Crippen LogP contribution is 2.83. The predicted molar refractivity (Wildman–Crippen MR) is 164 cm³/mol. The third-order valence-electron chi connectivity index (χ3n) is 14.1. The van der Waals surface area contributed by atoms with E-state index < -0.39 is 130 Å². The van der Waals surface area contributed by atoms with E-state index >= 15 is 0 Å². The van der Waals surface area contributed by atoms with Crippen LogP contribution in [0.2, 0.25) is 0 Å². The quantitative estimate of drug-likeness (QED) is 0.140. The van der Waals surface area contributed by atoms with Crippen LogP contribution in [-0.4, -0.2) is 126 Å². The van der Waals surface area contributed by atoms with E-state index in [2.05, 4.69) is 0 Å². The fourth-order valence-electron chi connectivity index (χ4n) is 12.2. The summed E-state index contributed by atoms with van der Waals surface area (Å²) < 4.78 is 54.0. The van der Waals surface area contributed by atoms with E-state index in [1.807, 2.05) is 0 Å². The van der Waals surface area contributed by atoms with Gasteiger partial charge in [0.1, 0.15) is 28.8 Å². The first-order valence-electron chi connectivity index (χ1n) is 17.2. The molecule has 8 aliphatic rings. The molecule has 3 saturated carbocycles. The number of fused-ring (bicyclic) bond motifs is 7. The second-order valence-corrected chi connectivity index (χ2v) is 15.8. The molecular formula is C35H44O16. The number of hydrogen-bond donors (Lipinski definition) is 3. The van der Waals surface area contributed by atoms with Crippen LogP contribution in [0.1, 0.15) is 47.5 Å². The van der Waals surface area contributed by atoms with Crippen molar-refractivity contribution in [3.63, 3.8) is 0 Å². The normalized spacial score (nSPS) is 53.9. The number of aliphatic hydroxyl groups is 3. The summed E-state index contributed by atoms with van der Waals surface area (Å²) in [5, 5.41) is 37.4.